The van der Waals surface area contributed by atoms with E-state index in [0.717, 1.165) is 19.7 Å². The van der Waals surface area contributed by atoms with Gasteiger partial charge in [0.05, 0.1) is 6.61 Å². The molecule has 1 aromatic rings. The molecule has 0 amide bonds. The summed E-state index contributed by atoms with van der Waals surface area (Å²) in [7, 11) is 1.79. The average Bonchev–Trinajstić information content (AvgIpc) is 2.43. The van der Waals surface area contributed by atoms with Gasteiger partial charge in [0.15, 0.2) is 0 Å². The molecule has 3 nitrogen and oxygen atoms in total. The van der Waals surface area contributed by atoms with E-state index in [-0.39, 0.29) is 0 Å². The molecule has 2 unspecified atom stereocenters. The molecule has 106 valence electrons. The van der Waals surface area contributed by atoms with Crippen molar-refractivity contribution in [2.75, 3.05) is 33.4 Å². The normalized spacial score (nSPS) is 22.4. The summed E-state index contributed by atoms with van der Waals surface area (Å²) in [5.74, 6) is 0.650. The van der Waals surface area contributed by atoms with Gasteiger partial charge in [0.1, 0.15) is 0 Å². The van der Waals surface area contributed by atoms with Crippen LogP contribution in [0.3, 0.4) is 0 Å². The molecule has 0 saturated carbocycles. The van der Waals surface area contributed by atoms with Gasteiger partial charge in [-0.1, -0.05) is 24.3 Å². The van der Waals surface area contributed by atoms with Gasteiger partial charge in [-0.2, -0.15) is 0 Å². The highest BCUT2D eigenvalue weighted by atomic mass is 16.5. The minimum Gasteiger partial charge on any atom is -0.384 e. The van der Waals surface area contributed by atoms with E-state index in [1.54, 1.807) is 7.11 Å². The summed E-state index contributed by atoms with van der Waals surface area (Å²) < 4.78 is 5.31. The molecule has 1 saturated heterocycles. The molecule has 1 fully saturated rings. The van der Waals surface area contributed by atoms with Crippen LogP contribution in [-0.4, -0.2) is 38.3 Å². The molecule has 1 heterocycles. The number of benzene rings is 1. The molecule has 19 heavy (non-hydrogen) atoms. The molecule has 2 rings (SSSR count). The Morgan fingerprint density at radius 3 is 2.89 bits per heavy atom. The average molecular weight is 262 g/mol. The lowest BCUT2D eigenvalue weighted by atomic mass is 9.93. The number of rotatable bonds is 5. The summed E-state index contributed by atoms with van der Waals surface area (Å²) in [6.07, 6.45) is 2.52. The number of nitrogens with two attached hydrogens (primary N) is 1. The fraction of sp³-hybridized carbons (Fsp3) is 0.625. The zero-order chi connectivity index (χ0) is 13.7. The highest BCUT2D eigenvalue weighted by Crippen LogP contribution is 2.28. The first kappa shape index (κ1) is 14.5. The smallest absolute Gasteiger partial charge is 0.0502 e. The van der Waals surface area contributed by atoms with Gasteiger partial charge in [-0.05, 0) is 43.4 Å². The molecular formula is C16H26N2O. The molecule has 2 N–H and O–H groups in total. The maximum atomic E-state index is 6.05. The highest BCUT2D eigenvalue weighted by Gasteiger charge is 2.26. The maximum absolute atomic E-state index is 6.05. The van der Waals surface area contributed by atoms with E-state index >= 15 is 0 Å². The van der Waals surface area contributed by atoms with Crippen molar-refractivity contribution in [2.45, 2.75) is 25.8 Å². The zero-order valence-corrected chi connectivity index (χ0v) is 12.1. The molecule has 1 aliphatic heterocycles. The molecule has 2 atom stereocenters. The Bertz CT molecular complexity index is 392. The summed E-state index contributed by atoms with van der Waals surface area (Å²) in [6.45, 7) is 5.97. The van der Waals surface area contributed by atoms with Crippen molar-refractivity contribution in [2.24, 2.45) is 11.7 Å². The lowest BCUT2D eigenvalue weighted by molar-refractivity contribution is 0.0695. The van der Waals surface area contributed by atoms with Crippen LogP contribution in [0, 0.1) is 12.8 Å². The fourth-order valence-corrected chi connectivity index (χ4v) is 3.19. The number of likely N-dealkylation sites (tertiary alicyclic amines) is 1. The third-order valence-electron chi connectivity index (χ3n) is 4.16. The molecule has 1 aliphatic rings. The Morgan fingerprint density at radius 2 is 2.21 bits per heavy atom. The number of piperidine rings is 1. The lowest BCUT2D eigenvalue weighted by Gasteiger charge is -2.38. The third-order valence-corrected chi connectivity index (χ3v) is 4.16. The topological polar surface area (TPSA) is 38.5 Å². The summed E-state index contributed by atoms with van der Waals surface area (Å²) in [5, 5.41) is 0. The SMILES string of the molecule is COCC1CCCN(C(CN)c2ccccc2C)C1. The van der Waals surface area contributed by atoms with Crippen LogP contribution in [0.15, 0.2) is 24.3 Å². The molecule has 0 bridgehead atoms. The Labute approximate surface area is 116 Å². The molecular weight excluding hydrogens is 236 g/mol. The molecule has 3 heteroatoms. The first-order valence-corrected chi connectivity index (χ1v) is 7.24. The van der Waals surface area contributed by atoms with Crippen LogP contribution < -0.4 is 5.73 Å². The van der Waals surface area contributed by atoms with E-state index in [9.17, 15) is 0 Å². The predicted molar refractivity (Wildman–Crippen MR) is 79.1 cm³/mol. The van der Waals surface area contributed by atoms with Crippen molar-refractivity contribution in [3.8, 4) is 0 Å². The third kappa shape index (κ3) is 3.56. The maximum Gasteiger partial charge on any atom is 0.0502 e. The second-order valence-electron chi connectivity index (χ2n) is 5.57. The van der Waals surface area contributed by atoms with Crippen molar-refractivity contribution in [3.05, 3.63) is 35.4 Å². The van der Waals surface area contributed by atoms with Gasteiger partial charge in [-0.25, -0.2) is 0 Å². The first-order valence-electron chi connectivity index (χ1n) is 7.24. The van der Waals surface area contributed by atoms with E-state index in [4.69, 9.17) is 10.5 Å². The fourth-order valence-electron chi connectivity index (χ4n) is 3.19. The van der Waals surface area contributed by atoms with Crippen LogP contribution in [-0.2, 0) is 4.74 Å². The number of methoxy groups -OCH3 is 1. The Hall–Kier alpha value is -0.900. The van der Waals surface area contributed by atoms with E-state index < -0.39 is 0 Å². The molecule has 0 spiro atoms. The minimum absolute atomic E-state index is 0.348. The van der Waals surface area contributed by atoms with Gasteiger partial charge in [0.2, 0.25) is 0 Å². The zero-order valence-electron chi connectivity index (χ0n) is 12.1. The highest BCUT2D eigenvalue weighted by molar-refractivity contribution is 5.29. The van der Waals surface area contributed by atoms with E-state index in [1.807, 2.05) is 0 Å². The second kappa shape index (κ2) is 7.04. The van der Waals surface area contributed by atoms with Crippen LogP contribution in [0.5, 0.6) is 0 Å². The summed E-state index contributed by atoms with van der Waals surface area (Å²) >= 11 is 0. The van der Waals surface area contributed by atoms with Crippen molar-refractivity contribution in [1.82, 2.24) is 4.90 Å². The lowest BCUT2D eigenvalue weighted by Crippen LogP contribution is -2.42. The van der Waals surface area contributed by atoms with Crippen LogP contribution in [0.2, 0.25) is 0 Å². The Morgan fingerprint density at radius 1 is 1.42 bits per heavy atom. The number of hydrogen-bond donors (Lipinski definition) is 1. The van der Waals surface area contributed by atoms with Gasteiger partial charge in [0.25, 0.3) is 0 Å². The molecule has 0 radical (unpaired) electrons. The number of aryl methyl sites for hydroxylation is 1. The van der Waals surface area contributed by atoms with Crippen LogP contribution in [0.1, 0.15) is 30.0 Å². The van der Waals surface area contributed by atoms with Crippen molar-refractivity contribution in [1.29, 1.82) is 0 Å². The van der Waals surface area contributed by atoms with E-state index in [0.29, 0.717) is 18.5 Å². The van der Waals surface area contributed by atoms with Crippen LogP contribution >= 0.6 is 0 Å². The predicted octanol–water partition coefficient (Wildman–Crippen LogP) is 2.35. The van der Waals surface area contributed by atoms with Crippen LogP contribution in [0.4, 0.5) is 0 Å². The van der Waals surface area contributed by atoms with Gasteiger partial charge >= 0.3 is 0 Å². The summed E-state index contributed by atoms with van der Waals surface area (Å²) in [5.41, 5.74) is 8.77. The van der Waals surface area contributed by atoms with Crippen molar-refractivity contribution in [3.63, 3.8) is 0 Å². The number of ether oxygens (including phenoxy) is 1. The van der Waals surface area contributed by atoms with Crippen molar-refractivity contribution < 1.29 is 4.74 Å². The van der Waals surface area contributed by atoms with Gasteiger partial charge in [0, 0.05) is 26.2 Å². The number of hydrogen-bond acceptors (Lipinski definition) is 3. The quantitative estimate of drug-likeness (QED) is 0.885. The molecule has 1 aromatic carbocycles. The van der Waals surface area contributed by atoms with Gasteiger partial charge < -0.3 is 10.5 Å². The molecule has 0 aliphatic carbocycles. The largest absolute Gasteiger partial charge is 0.384 e. The minimum atomic E-state index is 0.348. The van der Waals surface area contributed by atoms with Gasteiger partial charge in [-0.15, -0.1) is 0 Å². The summed E-state index contributed by atoms with van der Waals surface area (Å²) in [4.78, 5) is 2.54. The van der Waals surface area contributed by atoms with Crippen molar-refractivity contribution >= 4 is 0 Å². The summed E-state index contributed by atoms with van der Waals surface area (Å²) in [6, 6.07) is 8.94. The van der Waals surface area contributed by atoms with E-state index in [1.165, 1.54) is 24.0 Å². The molecule has 0 aromatic heterocycles. The Balaban J connectivity index is 2.11. The second-order valence-corrected chi connectivity index (χ2v) is 5.57. The monoisotopic (exact) mass is 262 g/mol. The Kier molecular flexibility index (Phi) is 5.37. The first-order chi connectivity index (χ1) is 9.26. The van der Waals surface area contributed by atoms with E-state index in [2.05, 4.69) is 36.1 Å². The number of nitrogens with zero attached hydrogens (tertiary/aromatic N) is 1. The van der Waals surface area contributed by atoms with Crippen LogP contribution in [0.25, 0.3) is 0 Å². The standard InChI is InChI=1S/C16H26N2O/c1-13-6-3-4-8-15(13)16(10-17)18-9-5-7-14(11-18)12-19-2/h3-4,6,8,14,16H,5,7,9-12,17H2,1-2H3. The van der Waals surface area contributed by atoms with Gasteiger partial charge in [-0.3, -0.25) is 4.90 Å².